The summed E-state index contributed by atoms with van der Waals surface area (Å²) < 4.78 is 0. The van der Waals surface area contributed by atoms with Gasteiger partial charge in [-0.3, -0.25) is 38.8 Å². The van der Waals surface area contributed by atoms with Crippen LogP contribution in [0.1, 0.15) is 116 Å². The molecule has 1 aromatic carbocycles. The Balaban J connectivity index is 1.05. The van der Waals surface area contributed by atoms with E-state index in [1.807, 2.05) is 34.1 Å². The van der Waals surface area contributed by atoms with Gasteiger partial charge in [0.2, 0.25) is 23.8 Å². The van der Waals surface area contributed by atoms with Crippen LogP contribution in [0, 0.1) is 0 Å². The molecule has 3 aliphatic rings. The van der Waals surface area contributed by atoms with Gasteiger partial charge >= 0.3 is 35.9 Å². The van der Waals surface area contributed by atoms with Crippen LogP contribution in [0.2, 0.25) is 0 Å². The number of likely N-dealkylation sites (N-methyl/N-ethyl adjacent to an activating group) is 2. The molecule has 0 aliphatic carbocycles. The number of carbonyl (C=O) groups is 7. The maximum absolute atomic E-state index is 12.4. The zero-order valence-corrected chi connectivity index (χ0v) is 52.2. The molecule has 0 bridgehead atoms. The lowest BCUT2D eigenvalue weighted by Gasteiger charge is -2.37. The highest BCUT2D eigenvalue weighted by Crippen LogP contribution is 2.24. The molecule has 3 aliphatic heterocycles. The van der Waals surface area contributed by atoms with Gasteiger partial charge in [0.05, 0.1) is 13.1 Å². The number of nitrogens with two attached hydrogens (primary N) is 1. The molecule has 494 valence electrons. The quantitative estimate of drug-likeness (QED) is 0.0432. The highest BCUT2D eigenvalue weighted by molar-refractivity contribution is 5.86. The summed E-state index contributed by atoms with van der Waals surface area (Å²) in [6.45, 7) is 20.1. The van der Waals surface area contributed by atoms with Gasteiger partial charge in [-0.15, -0.1) is 0 Å². The zero-order valence-electron chi connectivity index (χ0n) is 52.2. The first-order valence-electron chi connectivity index (χ1n) is 32.0. The fourth-order valence-corrected chi connectivity index (χ4v) is 11.4. The van der Waals surface area contributed by atoms with Crippen molar-refractivity contribution in [3.05, 3.63) is 29.8 Å². The van der Waals surface area contributed by atoms with Crippen LogP contribution < -0.4 is 36.8 Å². The summed E-state index contributed by atoms with van der Waals surface area (Å²) in [5.74, 6) is -4.10. The molecule has 0 radical (unpaired) electrons. The van der Waals surface area contributed by atoms with E-state index in [1.54, 1.807) is 0 Å². The third kappa shape index (κ3) is 27.9. The summed E-state index contributed by atoms with van der Waals surface area (Å²) in [7, 11) is 0. The molecular formula is C60H102N16O12. The second-order valence-corrected chi connectivity index (χ2v) is 23.4. The fraction of sp³-hybridized carbons (Fsp3) is 0.733. The van der Waals surface area contributed by atoms with Crippen molar-refractivity contribution >= 4 is 65.3 Å². The molecule has 0 saturated carbocycles. The van der Waals surface area contributed by atoms with Crippen LogP contribution in [0.15, 0.2) is 24.3 Å². The minimum Gasteiger partial charge on any atom is -0.481 e. The second-order valence-electron chi connectivity index (χ2n) is 23.4. The molecule has 88 heavy (non-hydrogen) atoms. The number of aromatic nitrogens is 3. The molecule has 11 N–H and O–H groups in total. The third-order valence-corrected chi connectivity index (χ3v) is 16.8. The number of piperazine rings is 2. The van der Waals surface area contributed by atoms with E-state index in [0.29, 0.717) is 82.8 Å². The van der Waals surface area contributed by atoms with Crippen molar-refractivity contribution in [2.75, 3.05) is 166 Å². The number of urea groups is 1. The Morgan fingerprint density at radius 3 is 1.56 bits per heavy atom. The van der Waals surface area contributed by atoms with Gasteiger partial charge in [-0.2, -0.15) is 15.0 Å². The van der Waals surface area contributed by atoms with Crippen LogP contribution in [0.25, 0.3) is 0 Å². The van der Waals surface area contributed by atoms with E-state index in [0.717, 1.165) is 167 Å². The number of unbranched alkanes of at least 4 members (excludes halogenated alkanes) is 8. The van der Waals surface area contributed by atoms with Crippen molar-refractivity contribution in [3.8, 4) is 0 Å². The number of aliphatic carboxylic acids is 5. The van der Waals surface area contributed by atoms with Crippen molar-refractivity contribution in [1.29, 1.82) is 0 Å². The molecule has 0 spiro atoms. The number of nitrogens with zero attached hydrogens (tertiary/aromatic N) is 11. The lowest BCUT2D eigenvalue weighted by atomic mass is 10.0. The van der Waals surface area contributed by atoms with Crippen molar-refractivity contribution in [2.24, 2.45) is 5.73 Å². The fourth-order valence-electron chi connectivity index (χ4n) is 11.4. The first kappa shape index (κ1) is 72.2. The number of carboxylic acids is 5. The lowest BCUT2D eigenvalue weighted by molar-refractivity contribution is -0.141. The summed E-state index contributed by atoms with van der Waals surface area (Å²) >= 11 is 0. The number of carbonyl (C=O) groups excluding carboxylic acids is 2. The molecule has 2 aromatic rings. The number of hydrogen-bond acceptors (Lipinski definition) is 20. The van der Waals surface area contributed by atoms with Gasteiger partial charge in [0.15, 0.2) is 0 Å². The average molecular weight is 1240 g/mol. The van der Waals surface area contributed by atoms with Crippen LogP contribution in [0.4, 0.5) is 28.3 Å². The standard InChI is InChI=1S/C60H102N16O12/c1-3-69-28-29-70(4-2)32-41-76(45-54(82)83)48(43-73(31-30-69)44-53(80)81)42-46-18-20-47(21-19-46)63-57-66-58(68-59(67-57)75-39-35-72(36-40-75)27-15-24-61)74-37-33-71(34-38-74)26-14-10-8-6-5-7-9-11-17-51(77)62-25-13-12-16-49(55(84)85)64-60(88)65-50(56(86)87)22-23-52(78)79/h18-21,48-50H,3-17,22-45,61H2,1-2H3,(H,62,77)(H,78,79)(H,80,81)(H,82,83)(H,84,85)(H,86,87)(H2,64,65,88)(H,63,66,67,68)/t48?,49-,50-/m0/s1. The number of benzene rings is 1. The van der Waals surface area contributed by atoms with Gasteiger partial charge in [0.1, 0.15) is 12.1 Å². The van der Waals surface area contributed by atoms with Gasteiger partial charge in [0.25, 0.3) is 0 Å². The first-order valence-corrected chi connectivity index (χ1v) is 32.0. The Hall–Kier alpha value is -6.56. The number of hydrogen-bond donors (Lipinski definition) is 10. The smallest absolute Gasteiger partial charge is 0.326 e. The van der Waals surface area contributed by atoms with Crippen LogP contribution in [-0.4, -0.2) is 280 Å². The van der Waals surface area contributed by atoms with Crippen LogP contribution in [0.3, 0.4) is 0 Å². The van der Waals surface area contributed by atoms with Crippen molar-refractivity contribution in [3.63, 3.8) is 0 Å². The Kier molecular flexibility index (Phi) is 32.9. The number of amides is 3. The van der Waals surface area contributed by atoms with Gasteiger partial charge < -0.3 is 72.1 Å². The van der Waals surface area contributed by atoms with E-state index < -0.39 is 54.4 Å². The summed E-state index contributed by atoms with van der Waals surface area (Å²) in [6.07, 6.45) is 10.5. The number of carboxylic acid groups (broad SMARTS) is 5. The maximum Gasteiger partial charge on any atom is 0.326 e. The zero-order chi connectivity index (χ0) is 63.6. The first-order chi connectivity index (χ1) is 42.4. The summed E-state index contributed by atoms with van der Waals surface area (Å²) in [4.78, 5) is 116. The normalized spacial score (nSPS) is 18.1. The number of nitrogens with one attached hydrogen (secondary N) is 4. The molecule has 28 nitrogen and oxygen atoms in total. The van der Waals surface area contributed by atoms with E-state index in [4.69, 9.17) is 25.8 Å². The molecule has 5 rings (SSSR count). The predicted molar refractivity (Wildman–Crippen MR) is 335 cm³/mol. The maximum atomic E-state index is 12.4. The van der Waals surface area contributed by atoms with E-state index in [-0.39, 0.29) is 37.9 Å². The molecule has 3 atom stereocenters. The van der Waals surface area contributed by atoms with Crippen molar-refractivity contribution in [2.45, 2.75) is 135 Å². The molecule has 1 unspecified atom stereocenters. The second kappa shape index (κ2) is 40.2. The SMILES string of the molecule is CCN1CCN(CC)CCN(CC(=O)O)C(Cc2ccc(Nc3nc(N4CCN(CCCN)CC4)nc(N4CCN(CCCCCCCCCCC(=O)NCCCC[C@H](NC(=O)N[C@@H](CCC(=O)O)C(=O)O)C(=O)O)CC4)n3)cc2)CN(CC(=O)O)CC1. The van der Waals surface area contributed by atoms with Crippen LogP contribution in [-0.2, 0) is 35.2 Å². The van der Waals surface area contributed by atoms with E-state index in [1.165, 1.54) is 0 Å². The predicted octanol–water partition coefficient (Wildman–Crippen LogP) is 2.42. The molecule has 3 fully saturated rings. The Bertz CT molecular complexity index is 2430. The van der Waals surface area contributed by atoms with Crippen molar-refractivity contribution in [1.82, 2.24) is 60.3 Å². The Morgan fingerprint density at radius 2 is 1.03 bits per heavy atom. The van der Waals surface area contributed by atoms with Crippen LogP contribution in [0.5, 0.6) is 0 Å². The molecule has 28 heteroatoms. The van der Waals surface area contributed by atoms with Gasteiger partial charge in [-0.1, -0.05) is 64.5 Å². The summed E-state index contributed by atoms with van der Waals surface area (Å²) in [5.41, 5.74) is 7.63. The molecule has 3 amide bonds. The number of anilines is 4. The largest absolute Gasteiger partial charge is 0.481 e. The molecule has 3 saturated heterocycles. The van der Waals surface area contributed by atoms with Gasteiger partial charge in [0, 0.05) is 129 Å². The number of rotatable bonds is 38. The average Bonchev–Trinajstić information content (AvgIpc) is 2.79. The van der Waals surface area contributed by atoms with E-state index in [9.17, 15) is 54.0 Å². The molecular weight excluding hydrogens is 1140 g/mol. The summed E-state index contributed by atoms with van der Waals surface area (Å²) in [5, 5.41) is 58.3. The van der Waals surface area contributed by atoms with Gasteiger partial charge in [-0.25, -0.2) is 14.4 Å². The van der Waals surface area contributed by atoms with E-state index >= 15 is 0 Å². The Morgan fingerprint density at radius 1 is 0.534 bits per heavy atom. The van der Waals surface area contributed by atoms with Crippen LogP contribution >= 0.6 is 0 Å². The minimum atomic E-state index is -1.48. The highest BCUT2D eigenvalue weighted by atomic mass is 16.4. The lowest BCUT2D eigenvalue weighted by Crippen LogP contribution is -2.52. The summed E-state index contributed by atoms with van der Waals surface area (Å²) in [6, 6.07) is 4.05. The molecule has 4 heterocycles. The third-order valence-electron chi connectivity index (χ3n) is 16.8. The monoisotopic (exact) mass is 1240 g/mol. The van der Waals surface area contributed by atoms with E-state index in [2.05, 4.69) is 64.5 Å². The highest BCUT2D eigenvalue weighted by Gasteiger charge is 2.29. The van der Waals surface area contributed by atoms with Gasteiger partial charge in [-0.05, 0) is 102 Å². The van der Waals surface area contributed by atoms with Crippen molar-refractivity contribution < 1.29 is 59.1 Å². The molecule has 1 aromatic heterocycles. The minimum absolute atomic E-state index is 0.0611. The Labute approximate surface area is 518 Å². The topological polar surface area (TPSA) is 359 Å².